The lowest BCUT2D eigenvalue weighted by molar-refractivity contribution is 0.284. The quantitative estimate of drug-likeness (QED) is 0.500. The van der Waals surface area contributed by atoms with Crippen LogP contribution in [0.15, 0.2) is 42.5 Å². The van der Waals surface area contributed by atoms with Gasteiger partial charge in [-0.3, -0.25) is 0 Å². The van der Waals surface area contributed by atoms with Gasteiger partial charge in [-0.25, -0.2) is 0 Å². The number of methoxy groups -OCH3 is 1. The molecule has 0 spiro atoms. The number of benzene rings is 2. The Balaban J connectivity index is 1.80. The van der Waals surface area contributed by atoms with Crippen LogP contribution in [0.25, 0.3) is 0 Å². The van der Waals surface area contributed by atoms with Crippen LogP contribution in [0.5, 0.6) is 11.5 Å². The Morgan fingerprint density at radius 1 is 0.885 bits per heavy atom. The summed E-state index contributed by atoms with van der Waals surface area (Å²) in [5, 5.41) is 3.51. The van der Waals surface area contributed by atoms with Gasteiger partial charge in [0.05, 0.1) is 13.7 Å². The van der Waals surface area contributed by atoms with Crippen LogP contribution in [0.3, 0.4) is 0 Å². The molecule has 0 heterocycles. The topological polar surface area (TPSA) is 30.5 Å². The Morgan fingerprint density at radius 3 is 2.46 bits per heavy atom. The number of ether oxygens (including phenoxy) is 2. The predicted octanol–water partition coefficient (Wildman–Crippen LogP) is 5.64. The minimum Gasteiger partial charge on any atom is -0.493 e. The molecule has 26 heavy (non-hydrogen) atoms. The Labute approximate surface area is 158 Å². The summed E-state index contributed by atoms with van der Waals surface area (Å²) in [5.74, 6) is 1.65. The third-order valence-corrected chi connectivity index (χ3v) is 4.64. The molecule has 2 aromatic carbocycles. The Hall–Kier alpha value is -2.00. The zero-order valence-corrected chi connectivity index (χ0v) is 16.5. The molecule has 0 unspecified atom stereocenters. The van der Waals surface area contributed by atoms with Crippen molar-refractivity contribution in [3.05, 3.63) is 59.2 Å². The van der Waals surface area contributed by atoms with Gasteiger partial charge in [-0.05, 0) is 42.2 Å². The lowest BCUT2D eigenvalue weighted by atomic mass is 10.1. The molecule has 0 radical (unpaired) electrons. The Morgan fingerprint density at radius 2 is 1.69 bits per heavy atom. The second-order valence-corrected chi connectivity index (χ2v) is 6.78. The molecular weight excluding hydrogens is 322 g/mol. The van der Waals surface area contributed by atoms with E-state index in [0.717, 1.165) is 37.6 Å². The molecule has 3 nitrogen and oxygen atoms in total. The van der Waals surface area contributed by atoms with Crippen molar-refractivity contribution >= 4 is 0 Å². The van der Waals surface area contributed by atoms with E-state index in [0.29, 0.717) is 0 Å². The maximum atomic E-state index is 5.91. The van der Waals surface area contributed by atoms with Crippen LogP contribution >= 0.6 is 0 Å². The first-order valence-corrected chi connectivity index (χ1v) is 9.79. The molecule has 142 valence electrons. The van der Waals surface area contributed by atoms with Crippen LogP contribution in [0.2, 0.25) is 0 Å². The number of nitrogens with one attached hydrogen (secondary N) is 1. The molecule has 0 aromatic heterocycles. The average molecular weight is 356 g/mol. The first-order chi connectivity index (χ1) is 12.7. The summed E-state index contributed by atoms with van der Waals surface area (Å²) in [6, 6.07) is 14.7. The van der Waals surface area contributed by atoms with E-state index in [9.17, 15) is 0 Å². The molecule has 0 amide bonds. The molecule has 0 saturated heterocycles. The number of unbranched alkanes of at least 4 members (excludes halogenated alkanes) is 4. The van der Waals surface area contributed by atoms with Crippen molar-refractivity contribution in [2.45, 2.75) is 59.0 Å². The minimum absolute atomic E-state index is 0.755. The van der Waals surface area contributed by atoms with Crippen LogP contribution in [0.4, 0.5) is 0 Å². The second-order valence-electron chi connectivity index (χ2n) is 6.78. The van der Waals surface area contributed by atoms with Crippen molar-refractivity contribution < 1.29 is 9.47 Å². The molecule has 2 rings (SSSR count). The zero-order valence-electron chi connectivity index (χ0n) is 16.5. The maximum Gasteiger partial charge on any atom is 0.161 e. The predicted molar refractivity (Wildman–Crippen MR) is 109 cm³/mol. The average Bonchev–Trinajstić information content (AvgIpc) is 2.66. The van der Waals surface area contributed by atoms with Crippen LogP contribution < -0.4 is 14.8 Å². The monoisotopic (exact) mass is 355 g/mol. The molecule has 0 fully saturated rings. The lowest BCUT2D eigenvalue weighted by Crippen LogP contribution is -2.13. The van der Waals surface area contributed by atoms with Gasteiger partial charge in [0.1, 0.15) is 0 Å². The molecule has 0 saturated carbocycles. The van der Waals surface area contributed by atoms with E-state index in [2.05, 4.69) is 55.6 Å². The highest BCUT2D eigenvalue weighted by Gasteiger charge is 2.06. The van der Waals surface area contributed by atoms with Crippen molar-refractivity contribution in [3.8, 4) is 11.5 Å². The van der Waals surface area contributed by atoms with Gasteiger partial charge >= 0.3 is 0 Å². The molecule has 0 aliphatic heterocycles. The molecule has 2 aromatic rings. The lowest BCUT2D eigenvalue weighted by Gasteiger charge is -2.13. The summed E-state index contributed by atoms with van der Waals surface area (Å²) in [4.78, 5) is 0. The van der Waals surface area contributed by atoms with Gasteiger partial charge < -0.3 is 14.8 Å². The number of hydrogen-bond acceptors (Lipinski definition) is 3. The molecule has 0 aliphatic rings. The van der Waals surface area contributed by atoms with E-state index < -0.39 is 0 Å². The van der Waals surface area contributed by atoms with Crippen molar-refractivity contribution in [1.82, 2.24) is 5.32 Å². The van der Waals surface area contributed by atoms with Crippen molar-refractivity contribution in [2.75, 3.05) is 13.7 Å². The van der Waals surface area contributed by atoms with Crippen LogP contribution in [-0.2, 0) is 13.1 Å². The van der Waals surface area contributed by atoms with E-state index in [4.69, 9.17) is 9.47 Å². The second kappa shape index (κ2) is 11.6. The van der Waals surface area contributed by atoms with E-state index in [-0.39, 0.29) is 0 Å². The standard InChI is InChI=1S/C23H33NO2/c1-4-5-6-7-10-15-26-22-14-13-20(16-23(22)25-3)17-24-18-21-12-9-8-11-19(21)2/h8-9,11-14,16,24H,4-7,10,15,17-18H2,1-3H3. The summed E-state index contributed by atoms with van der Waals surface area (Å²) in [7, 11) is 1.70. The highest BCUT2D eigenvalue weighted by molar-refractivity contribution is 5.43. The SMILES string of the molecule is CCCCCCCOc1ccc(CNCc2ccccc2C)cc1OC. The number of rotatable bonds is 12. The number of aryl methyl sites for hydroxylation is 1. The summed E-state index contributed by atoms with van der Waals surface area (Å²) in [6.07, 6.45) is 6.21. The third-order valence-electron chi connectivity index (χ3n) is 4.64. The van der Waals surface area contributed by atoms with E-state index >= 15 is 0 Å². The van der Waals surface area contributed by atoms with Gasteiger partial charge in [0, 0.05) is 13.1 Å². The van der Waals surface area contributed by atoms with E-state index in [1.807, 2.05) is 6.07 Å². The van der Waals surface area contributed by atoms with Crippen molar-refractivity contribution in [2.24, 2.45) is 0 Å². The fourth-order valence-corrected chi connectivity index (χ4v) is 2.98. The highest BCUT2D eigenvalue weighted by Crippen LogP contribution is 2.28. The van der Waals surface area contributed by atoms with Gasteiger partial charge in [0.25, 0.3) is 0 Å². The van der Waals surface area contributed by atoms with Gasteiger partial charge in [-0.15, -0.1) is 0 Å². The van der Waals surface area contributed by atoms with E-state index in [1.165, 1.54) is 42.4 Å². The summed E-state index contributed by atoms with van der Waals surface area (Å²) >= 11 is 0. The highest BCUT2D eigenvalue weighted by atomic mass is 16.5. The number of hydrogen-bond donors (Lipinski definition) is 1. The molecule has 0 atom stereocenters. The summed E-state index contributed by atoms with van der Waals surface area (Å²) in [5.41, 5.74) is 3.86. The third kappa shape index (κ3) is 6.72. The first kappa shape index (κ1) is 20.3. The molecule has 0 bridgehead atoms. The van der Waals surface area contributed by atoms with Crippen molar-refractivity contribution in [1.29, 1.82) is 0 Å². The van der Waals surface area contributed by atoms with Gasteiger partial charge in [0.2, 0.25) is 0 Å². The van der Waals surface area contributed by atoms with Gasteiger partial charge in [0.15, 0.2) is 11.5 Å². The smallest absolute Gasteiger partial charge is 0.161 e. The Bertz CT molecular complexity index is 654. The van der Waals surface area contributed by atoms with Crippen LogP contribution in [0.1, 0.15) is 55.7 Å². The van der Waals surface area contributed by atoms with E-state index in [1.54, 1.807) is 7.11 Å². The van der Waals surface area contributed by atoms with Crippen LogP contribution in [-0.4, -0.2) is 13.7 Å². The zero-order chi connectivity index (χ0) is 18.6. The van der Waals surface area contributed by atoms with Gasteiger partial charge in [-0.1, -0.05) is 62.9 Å². The summed E-state index contributed by atoms with van der Waals surface area (Å²) in [6.45, 7) is 6.81. The normalized spacial score (nSPS) is 10.7. The molecule has 0 aliphatic carbocycles. The Kier molecular flexibility index (Phi) is 9.05. The maximum absolute atomic E-state index is 5.91. The fraction of sp³-hybridized carbons (Fsp3) is 0.478. The molecule has 3 heteroatoms. The molecule has 1 N–H and O–H groups in total. The minimum atomic E-state index is 0.755. The fourth-order valence-electron chi connectivity index (χ4n) is 2.98. The first-order valence-electron chi connectivity index (χ1n) is 9.79. The molecular formula is C23H33NO2. The van der Waals surface area contributed by atoms with Crippen molar-refractivity contribution in [3.63, 3.8) is 0 Å². The van der Waals surface area contributed by atoms with Crippen LogP contribution in [0, 0.1) is 6.92 Å². The summed E-state index contributed by atoms with van der Waals surface area (Å²) < 4.78 is 11.4. The largest absolute Gasteiger partial charge is 0.493 e. The van der Waals surface area contributed by atoms with Gasteiger partial charge in [-0.2, -0.15) is 0 Å².